The van der Waals surface area contributed by atoms with Gasteiger partial charge in [0.1, 0.15) is 5.41 Å². The summed E-state index contributed by atoms with van der Waals surface area (Å²) in [6.07, 6.45) is 2.05. The Labute approximate surface area is 123 Å². The van der Waals surface area contributed by atoms with Crippen LogP contribution in [0.3, 0.4) is 0 Å². The summed E-state index contributed by atoms with van der Waals surface area (Å²) >= 11 is 0. The fourth-order valence-electron chi connectivity index (χ4n) is 2.40. The number of carbonyl (C=O) groups excluding carboxylic acids is 1. The van der Waals surface area contributed by atoms with Gasteiger partial charge in [0.05, 0.1) is 6.61 Å². The minimum atomic E-state index is -0.688. The summed E-state index contributed by atoms with van der Waals surface area (Å²) in [5.41, 5.74) is 1.66. The van der Waals surface area contributed by atoms with Crippen LogP contribution in [0.4, 0.5) is 0 Å². The third-order valence-corrected chi connectivity index (χ3v) is 3.90. The van der Waals surface area contributed by atoms with Gasteiger partial charge in [0.2, 0.25) is 5.89 Å². The van der Waals surface area contributed by atoms with Crippen LogP contribution in [0.1, 0.15) is 42.6 Å². The van der Waals surface area contributed by atoms with Crippen LogP contribution in [-0.2, 0) is 21.4 Å². The molecule has 1 aromatic heterocycles. The van der Waals surface area contributed by atoms with Crippen LogP contribution < -0.4 is 0 Å². The molecule has 0 N–H and O–H groups in total. The third-order valence-electron chi connectivity index (χ3n) is 3.90. The zero-order chi connectivity index (χ0) is 14.9. The maximum absolute atomic E-state index is 12.0. The Bertz CT molecular complexity index is 659. The van der Waals surface area contributed by atoms with Crippen molar-refractivity contribution in [2.75, 3.05) is 6.61 Å². The molecular formula is C16H18N2O3. The third kappa shape index (κ3) is 2.55. The number of aromatic nitrogens is 2. The van der Waals surface area contributed by atoms with Gasteiger partial charge < -0.3 is 9.26 Å². The molecule has 21 heavy (non-hydrogen) atoms. The number of aryl methyl sites for hydroxylation is 1. The molecule has 0 saturated heterocycles. The second-order valence-electron chi connectivity index (χ2n) is 5.42. The summed E-state index contributed by atoms with van der Waals surface area (Å²) in [5, 5.41) is 4.01. The average molecular weight is 286 g/mol. The van der Waals surface area contributed by atoms with E-state index in [2.05, 4.69) is 23.1 Å². The predicted octanol–water partition coefficient (Wildman–Crippen LogP) is 2.56. The first-order valence-electron chi connectivity index (χ1n) is 7.20. The summed E-state index contributed by atoms with van der Waals surface area (Å²) in [6.45, 7) is 4.22. The molecule has 1 aromatic carbocycles. The van der Waals surface area contributed by atoms with E-state index in [-0.39, 0.29) is 5.97 Å². The Morgan fingerprint density at radius 3 is 2.81 bits per heavy atom. The maximum Gasteiger partial charge on any atom is 0.321 e. The van der Waals surface area contributed by atoms with Crippen LogP contribution >= 0.6 is 0 Å². The van der Waals surface area contributed by atoms with Gasteiger partial charge in [-0.2, -0.15) is 4.98 Å². The van der Waals surface area contributed by atoms with Crippen molar-refractivity contribution < 1.29 is 14.1 Å². The van der Waals surface area contributed by atoms with Gasteiger partial charge in [-0.25, -0.2) is 0 Å². The maximum atomic E-state index is 12.0. The lowest BCUT2D eigenvalue weighted by atomic mass is 10.1. The van der Waals surface area contributed by atoms with E-state index in [0.717, 1.165) is 18.4 Å². The van der Waals surface area contributed by atoms with Gasteiger partial charge in [-0.15, -0.1) is 0 Å². The molecule has 3 rings (SSSR count). The fraction of sp³-hybridized carbons (Fsp3) is 0.438. The van der Waals surface area contributed by atoms with Crippen molar-refractivity contribution in [3.05, 3.63) is 47.1 Å². The van der Waals surface area contributed by atoms with Gasteiger partial charge in [-0.05, 0) is 37.8 Å². The Hall–Kier alpha value is -2.17. The van der Waals surface area contributed by atoms with Crippen molar-refractivity contribution in [3.63, 3.8) is 0 Å². The summed E-state index contributed by atoms with van der Waals surface area (Å²) in [5.74, 6) is 0.746. The van der Waals surface area contributed by atoms with E-state index in [1.807, 2.05) is 18.2 Å². The molecule has 1 heterocycles. The number of hydrogen-bond acceptors (Lipinski definition) is 5. The molecule has 1 fully saturated rings. The highest BCUT2D eigenvalue weighted by atomic mass is 16.5. The molecule has 1 aliphatic carbocycles. The molecule has 0 aliphatic heterocycles. The van der Waals surface area contributed by atoms with Crippen molar-refractivity contribution >= 4 is 5.97 Å². The lowest BCUT2D eigenvalue weighted by molar-refractivity contribution is -0.146. The zero-order valence-corrected chi connectivity index (χ0v) is 12.3. The predicted molar refractivity (Wildman–Crippen MR) is 75.8 cm³/mol. The summed E-state index contributed by atoms with van der Waals surface area (Å²) in [7, 11) is 0. The van der Waals surface area contributed by atoms with Crippen LogP contribution in [-0.4, -0.2) is 22.7 Å². The molecule has 2 aromatic rings. The molecule has 0 bridgehead atoms. The Kier molecular flexibility index (Phi) is 3.49. The highest BCUT2D eigenvalue weighted by molar-refractivity contribution is 5.85. The van der Waals surface area contributed by atoms with E-state index in [1.54, 1.807) is 6.92 Å². The van der Waals surface area contributed by atoms with E-state index < -0.39 is 5.41 Å². The lowest BCUT2D eigenvalue weighted by Crippen LogP contribution is -2.23. The van der Waals surface area contributed by atoms with Crippen molar-refractivity contribution in [2.24, 2.45) is 0 Å². The topological polar surface area (TPSA) is 65.2 Å². The first-order chi connectivity index (χ1) is 10.2. The van der Waals surface area contributed by atoms with Crippen LogP contribution in [0, 0.1) is 6.92 Å². The van der Waals surface area contributed by atoms with Crippen molar-refractivity contribution in [3.8, 4) is 0 Å². The molecule has 5 heteroatoms. The van der Waals surface area contributed by atoms with E-state index in [1.165, 1.54) is 5.56 Å². The normalized spacial score (nSPS) is 15.7. The van der Waals surface area contributed by atoms with Crippen LogP contribution in [0.5, 0.6) is 0 Å². The van der Waals surface area contributed by atoms with E-state index >= 15 is 0 Å². The number of rotatable bonds is 5. The van der Waals surface area contributed by atoms with E-state index in [9.17, 15) is 4.79 Å². The number of nitrogens with zero attached hydrogens (tertiary/aromatic N) is 2. The standard InChI is InChI=1S/C16H18N2O3/c1-3-20-15(19)16(8-9-16)14-17-13(18-21-14)10-12-7-5-4-6-11(12)2/h4-7H,3,8-10H2,1-2H3. The molecule has 5 nitrogen and oxygen atoms in total. The summed E-state index contributed by atoms with van der Waals surface area (Å²) < 4.78 is 10.4. The van der Waals surface area contributed by atoms with E-state index in [0.29, 0.717) is 24.7 Å². The number of ether oxygens (including phenoxy) is 1. The molecule has 0 atom stereocenters. The smallest absolute Gasteiger partial charge is 0.321 e. The van der Waals surface area contributed by atoms with Crippen molar-refractivity contribution in [2.45, 2.75) is 38.5 Å². The molecular weight excluding hydrogens is 268 g/mol. The van der Waals surface area contributed by atoms with Gasteiger partial charge in [0.15, 0.2) is 5.82 Å². The Morgan fingerprint density at radius 1 is 1.38 bits per heavy atom. The molecule has 1 saturated carbocycles. The number of hydrogen-bond donors (Lipinski definition) is 0. The van der Waals surface area contributed by atoms with Gasteiger partial charge in [0.25, 0.3) is 0 Å². The van der Waals surface area contributed by atoms with Gasteiger partial charge in [-0.1, -0.05) is 29.4 Å². The van der Waals surface area contributed by atoms with E-state index in [4.69, 9.17) is 9.26 Å². The molecule has 0 spiro atoms. The van der Waals surface area contributed by atoms with Crippen molar-refractivity contribution in [1.29, 1.82) is 0 Å². The monoisotopic (exact) mass is 286 g/mol. The van der Waals surface area contributed by atoms with Gasteiger partial charge in [0, 0.05) is 6.42 Å². The molecule has 0 radical (unpaired) electrons. The molecule has 0 unspecified atom stereocenters. The quantitative estimate of drug-likeness (QED) is 0.790. The number of benzene rings is 1. The number of carbonyl (C=O) groups is 1. The minimum absolute atomic E-state index is 0.254. The van der Waals surface area contributed by atoms with Gasteiger partial charge >= 0.3 is 5.97 Å². The summed E-state index contributed by atoms with van der Waals surface area (Å²) in [4.78, 5) is 16.4. The van der Waals surface area contributed by atoms with Gasteiger partial charge in [-0.3, -0.25) is 4.79 Å². The van der Waals surface area contributed by atoms with Crippen molar-refractivity contribution in [1.82, 2.24) is 10.1 Å². The fourth-order valence-corrected chi connectivity index (χ4v) is 2.40. The second kappa shape index (κ2) is 5.31. The Balaban J connectivity index is 1.78. The molecule has 110 valence electrons. The largest absolute Gasteiger partial charge is 0.465 e. The van der Waals surface area contributed by atoms with Crippen LogP contribution in [0.25, 0.3) is 0 Å². The first kappa shape index (κ1) is 13.8. The summed E-state index contributed by atoms with van der Waals surface area (Å²) in [6, 6.07) is 8.09. The Morgan fingerprint density at radius 2 is 2.14 bits per heavy atom. The second-order valence-corrected chi connectivity index (χ2v) is 5.42. The number of esters is 1. The van der Waals surface area contributed by atoms with Crippen LogP contribution in [0.15, 0.2) is 28.8 Å². The SMILES string of the molecule is CCOC(=O)C1(c2nc(Cc3ccccc3C)no2)CC1. The molecule has 1 aliphatic rings. The average Bonchev–Trinajstić information content (AvgIpc) is 3.16. The lowest BCUT2D eigenvalue weighted by Gasteiger charge is -2.08. The highest BCUT2D eigenvalue weighted by Gasteiger charge is 2.57. The first-order valence-corrected chi connectivity index (χ1v) is 7.20. The zero-order valence-electron chi connectivity index (χ0n) is 12.3. The highest BCUT2D eigenvalue weighted by Crippen LogP contribution is 2.48. The minimum Gasteiger partial charge on any atom is -0.465 e. The van der Waals surface area contributed by atoms with Crippen LogP contribution in [0.2, 0.25) is 0 Å². The molecule has 0 amide bonds.